The maximum absolute atomic E-state index is 11.8. The number of rotatable bonds is 2. The first kappa shape index (κ1) is 12.0. The summed E-state index contributed by atoms with van der Waals surface area (Å²) in [6.07, 6.45) is -3.41. The number of nitrogens with one attached hydrogen (secondary N) is 1. The third-order valence-corrected chi connectivity index (χ3v) is 1.95. The van der Waals surface area contributed by atoms with Gasteiger partial charge in [0.2, 0.25) is 0 Å². The van der Waals surface area contributed by atoms with Gasteiger partial charge < -0.3 is 5.32 Å². The van der Waals surface area contributed by atoms with Crippen LogP contribution in [0.5, 0.6) is 0 Å². The molecular formula is C8H6BrF3N2O. The van der Waals surface area contributed by atoms with Crippen molar-refractivity contribution in [2.75, 3.05) is 0 Å². The molecule has 0 spiro atoms. The average molecular weight is 283 g/mol. The maximum atomic E-state index is 11.8. The second-order valence-corrected chi connectivity index (χ2v) is 3.56. The van der Waals surface area contributed by atoms with Crippen molar-refractivity contribution in [1.29, 1.82) is 0 Å². The molecule has 0 saturated heterocycles. The fourth-order valence-electron chi connectivity index (χ4n) is 0.782. The molecule has 1 aromatic rings. The Morgan fingerprint density at radius 1 is 1.47 bits per heavy atom. The summed E-state index contributed by atoms with van der Waals surface area (Å²) in [7, 11) is 0. The summed E-state index contributed by atoms with van der Waals surface area (Å²) < 4.78 is 36.0. The topological polar surface area (TPSA) is 42.0 Å². The number of amides is 1. The lowest BCUT2D eigenvalue weighted by atomic mass is 10.3. The van der Waals surface area contributed by atoms with E-state index in [0.717, 1.165) is 0 Å². The van der Waals surface area contributed by atoms with Crippen molar-refractivity contribution in [3.8, 4) is 0 Å². The van der Waals surface area contributed by atoms with E-state index in [1.807, 2.05) is 0 Å². The van der Waals surface area contributed by atoms with Gasteiger partial charge in [-0.05, 0) is 28.1 Å². The van der Waals surface area contributed by atoms with Gasteiger partial charge in [0.1, 0.15) is 0 Å². The van der Waals surface area contributed by atoms with Crippen LogP contribution in [0.25, 0.3) is 0 Å². The molecule has 0 aromatic carbocycles. The molecule has 82 valence electrons. The van der Waals surface area contributed by atoms with E-state index in [1.54, 1.807) is 11.4 Å². The number of alkyl halides is 3. The zero-order chi connectivity index (χ0) is 11.5. The lowest BCUT2D eigenvalue weighted by molar-refractivity contribution is -0.173. The van der Waals surface area contributed by atoms with Crippen LogP contribution in [-0.4, -0.2) is 17.1 Å². The molecule has 0 unspecified atom stereocenters. The van der Waals surface area contributed by atoms with Crippen LogP contribution in [0.1, 0.15) is 5.69 Å². The molecule has 0 atom stereocenters. The highest BCUT2D eigenvalue weighted by Crippen LogP contribution is 2.14. The number of halogens is 4. The summed E-state index contributed by atoms with van der Waals surface area (Å²) in [5.74, 6) is -1.97. The smallest absolute Gasteiger partial charge is 0.343 e. The number of hydrogen-bond donors (Lipinski definition) is 1. The van der Waals surface area contributed by atoms with E-state index in [-0.39, 0.29) is 6.54 Å². The van der Waals surface area contributed by atoms with Gasteiger partial charge in [-0.15, -0.1) is 0 Å². The summed E-state index contributed by atoms with van der Waals surface area (Å²) in [6.45, 7) is -0.244. The Labute approximate surface area is 91.8 Å². The van der Waals surface area contributed by atoms with Crippen LogP contribution >= 0.6 is 15.9 Å². The van der Waals surface area contributed by atoms with Crippen LogP contribution in [-0.2, 0) is 11.3 Å². The second kappa shape index (κ2) is 4.61. The summed E-state index contributed by atoms with van der Waals surface area (Å²) in [6, 6.07) is 3.14. The minimum atomic E-state index is -4.85. The molecule has 0 aliphatic heterocycles. The SMILES string of the molecule is O=C(NCc1ccc(Br)cn1)C(F)(F)F. The lowest BCUT2D eigenvalue weighted by Gasteiger charge is -2.07. The second-order valence-electron chi connectivity index (χ2n) is 2.65. The first-order chi connectivity index (χ1) is 6.89. The number of pyridine rings is 1. The van der Waals surface area contributed by atoms with Crippen LogP contribution in [0.2, 0.25) is 0 Å². The van der Waals surface area contributed by atoms with Gasteiger partial charge in [0.25, 0.3) is 0 Å². The van der Waals surface area contributed by atoms with Gasteiger partial charge >= 0.3 is 12.1 Å². The van der Waals surface area contributed by atoms with E-state index in [9.17, 15) is 18.0 Å². The summed E-state index contributed by atoms with van der Waals surface area (Å²) in [5, 5.41) is 1.72. The first-order valence-corrected chi connectivity index (χ1v) is 4.64. The van der Waals surface area contributed by atoms with Crippen molar-refractivity contribution < 1.29 is 18.0 Å². The molecule has 1 aromatic heterocycles. The fourth-order valence-corrected chi connectivity index (χ4v) is 1.02. The molecule has 0 aliphatic carbocycles. The highest BCUT2D eigenvalue weighted by Gasteiger charge is 2.38. The van der Waals surface area contributed by atoms with Gasteiger partial charge in [-0.2, -0.15) is 13.2 Å². The van der Waals surface area contributed by atoms with E-state index < -0.39 is 12.1 Å². The molecule has 1 N–H and O–H groups in total. The predicted molar refractivity (Wildman–Crippen MR) is 49.8 cm³/mol. The van der Waals surface area contributed by atoms with E-state index in [2.05, 4.69) is 20.9 Å². The van der Waals surface area contributed by atoms with Crippen LogP contribution < -0.4 is 5.32 Å². The lowest BCUT2D eigenvalue weighted by Crippen LogP contribution is -2.36. The van der Waals surface area contributed by atoms with Crippen molar-refractivity contribution in [1.82, 2.24) is 10.3 Å². The molecule has 0 saturated carbocycles. The summed E-state index contributed by atoms with van der Waals surface area (Å²) in [4.78, 5) is 14.2. The molecule has 3 nitrogen and oxygen atoms in total. The molecule has 0 aliphatic rings. The van der Waals surface area contributed by atoms with Crippen molar-refractivity contribution in [3.05, 3.63) is 28.5 Å². The van der Waals surface area contributed by atoms with Crippen molar-refractivity contribution in [3.63, 3.8) is 0 Å². The van der Waals surface area contributed by atoms with E-state index in [0.29, 0.717) is 10.2 Å². The third-order valence-electron chi connectivity index (χ3n) is 1.48. The predicted octanol–water partition coefficient (Wildman–Crippen LogP) is 2.02. The molecule has 15 heavy (non-hydrogen) atoms. The Balaban J connectivity index is 2.51. The zero-order valence-electron chi connectivity index (χ0n) is 7.31. The molecule has 7 heteroatoms. The number of hydrogen-bond acceptors (Lipinski definition) is 2. The van der Waals surface area contributed by atoms with Gasteiger partial charge in [0.15, 0.2) is 0 Å². The Hall–Kier alpha value is -1.11. The number of carbonyl (C=O) groups is 1. The first-order valence-electron chi connectivity index (χ1n) is 3.85. The van der Waals surface area contributed by atoms with Crippen LogP contribution in [0.3, 0.4) is 0 Å². The Bertz CT molecular complexity index is 350. The highest BCUT2D eigenvalue weighted by atomic mass is 79.9. The molecular weight excluding hydrogens is 277 g/mol. The molecule has 0 fully saturated rings. The highest BCUT2D eigenvalue weighted by molar-refractivity contribution is 9.10. The largest absolute Gasteiger partial charge is 0.471 e. The normalized spacial score (nSPS) is 11.2. The minimum Gasteiger partial charge on any atom is -0.343 e. The minimum absolute atomic E-state index is 0.244. The Morgan fingerprint density at radius 2 is 2.13 bits per heavy atom. The van der Waals surface area contributed by atoms with Gasteiger partial charge in [-0.1, -0.05) is 0 Å². The van der Waals surface area contributed by atoms with E-state index in [4.69, 9.17) is 0 Å². The fraction of sp³-hybridized carbons (Fsp3) is 0.250. The van der Waals surface area contributed by atoms with Gasteiger partial charge in [-0.3, -0.25) is 9.78 Å². The van der Waals surface area contributed by atoms with Crippen LogP contribution in [0.15, 0.2) is 22.8 Å². The number of aromatic nitrogens is 1. The third kappa shape index (κ3) is 3.86. The van der Waals surface area contributed by atoms with E-state index >= 15 is 0 Å². The molecule has 0 bridgehead atoms. The quantitative estimate of drug-likeness (QED) is 0.902. The molecule has 1 heterocycles. The zero-order valence-corrected chi connectivity index (χ0v) is 8.89. The molecule has 1 amide bonds. The van der Waals surface area contributed by atoms with Crippen LogP contribution in [0.4, 0.5) is 13.2 Å². The summed E-state index contributed by atoms with van der Waals surface area (Å²) >= 11 is 3.13. The van der Waals surface area contributed by atoms with Crippen molar-refractivity contribution in [2.24, 2.45) is 0 Å². The van der Waals surface area contributed by atoms with Crippen molar-refractivity contribution in [2.45, 2.75) is 12.7 Å². The van der Waals surface area contributed by atoms with Gasteiger partial charge in [0, 0.05) is 10.7 Å². The number of nitrogens with zero attached hydrogens (tertiary/aromatic N) is 1. The van der Waals surface area contributed by atoms with Gasteiger partial charge in [0.05, 0.1) is 12.2 Å². The average Bonchev–Trinajstić information content (AvgIpc) is 2.15. The number of carbonyl (C=O) groups excluding carboxylic acids is 1. The van der Waals surface area contributed by atoms with Crippen molar-refractivity contribution >= 4 is 21.8 Å². The molecule has 1 rings (SSSR count). The maximum Gasteiger partial charge on any atom is 0.471 e. The Morgan fingerprint density at radius 3 is 2.60 bits per heavy atom. The van der Waals surface area contributed by atoms with E-state index in [1.165, 1.54) is 12.3 Å². The van der Waals surface area contributed by atoms with Gasteiger partial charge in [-0.25, -0.2) is 0 Å². The molecule has 0 radical (unpaired) electrons. The monoisotopic (exact) mass is 282 g/mol. The standard InChI is InChI=1S/C8H6BrF3N2O/c9-5-1-2-6(13-3-5)4-14-7(15)8(10,11)12/h1-3H,4H2,(H,14,15). The summed E-state index contributed by atoms with van der Waals surface area (Å²) in [5.41, 5.74) is 0.357. The Kier molecular flexibility index (Phi) is 3.67. The van der Waals surface area contributed by atoms with Crippen LogP contribution in [0, 0.1) is 0 Å².